The molecule has 1 unspecified atom stereocenters. The summed E-state index contributed by atoms with van der Waals surface area (Å²) in [5, 5.41) is 3.47. The van der Waals surface area contributed by atoms with Gasteiger partial charge in [0, 0.05) is 6.04 Å². The first-order valence-corrected chi connectivity index (χ1v) is 7.63. The predicted octanol–water partition coefficient (Wildman–Crippen LogP) is 3.61. The third-order valence-electron chi connectivity index (χ3n) is 3.23. The smallest absolute Gasteiger partial charge is 0.0284 e. The molecule has 88 valence electrons. The summed E-state index contributed by atoms with van der Waals surface area (Å²) < 4.78 is 0. The van der Waals surface area contributed by atoms with E-state index in [0.717, 1.165) is 0 Å². The number of nitrogens with one attached hydrogen (secondary N) is 1. The highest BCUT2D eigenvalue weighted by atomic mass is 32.2. The Morgan fingerprint density at radius 3 is 2.87 bits per heavy atom. The van der Waals surface area contributed by atoms with Gasteiger partial charge < -0.3 is 5.32 Å². The van der Waals surface area contributed by atoms with Crippen molar-refractivity contribution in [1.29, 1.82) is 0 Å². The molecule has 0 spiro atoms. The monoisotopic (exact) mass is 227 g/mol. The highest BCUT2D eigenvalue weighted by Gasteiger charge is 2.12. The Morgan fingerprint density at radius 1 is 1.33 bits per heavy atom. The zero-order valence-corrected chi connectivity index (χ0v) is 11.0. The maximum atomic E-state index is 3.47. The number of hydrogen-bond donors (Lipinski definition) is 1. The second-order valence-corrected chi connectivity index (χ2v) is 5.34. The van der Waals surface area contributed by atoms with E-state index in [4.69, 9.17) is 0 Å². The van der Waals surface area contributed by atoms with Crippen molar-refractivity contribution in [1.82, 2.24) is 5.32 Å². The van der Waals surface area contributed by atoms with Crippen molar-refractivity contribution in [3.63, 3.8) is 0 Å². The van der Waals surface area contributed by atoms with Crippen LogP contribution in [0, 0.1) is 0 Å². The number of likely N-dealkylation sites (N-methyl/N-ethyl adjacent to an activating group) is 1. The number of hydrogen-bond acceptors (Lipinski definition) is 2. The van der Waals surface area contributed by atoms with Crippen LogP contribution in [0.1, 0.15) is 44.9 Å². The quantitative estimate of drug-likeness (QED) is 0.720. The predicted molar refractivity (Wildman–Crippen MR) is 71.6 cm³/mol. The van der Waals surface area contributed by atoms with Crippen molar-refractivity contribution in [2.24, 2.45) is 0 Å². The average molecular weight is 227 g/mol. The van der Waals surface area contributed by atoms with Crippen LogP contribution in [-0.4, -0.2) is 25.1 Å². The molecule has 0 aromatic carbocycles. The van der Waals surface area contributed by atoms with E-state index in [1.54, 1.807) is 5.57 Å². The standard InChI is InChI=1S/C13H25NS/c1-14-13(10-11-15-2)12-8-6-4-3-5-7-9-12/h8,13-14H,3-7,9-11H2,1-2H3. The summed E-state index contributed by atoms with van der Waals surface area (Å²) in [5.74, 6) is 1.27. The van der Waals surface area contributed by atoms with E-state index in [1.807, 2.05) is 11.8 Å². The second kappa shape index (κ2) is 8.23. The van der Waals surface area contributed by atoms with Gasteiger partial charge in [-0.25, -0.2) is 0 Å². The van der Waals surface area contributed by atoms with E-state index in [0.29, 0.717) is 6.04 Å². The number of thioether (sulfide) groups is 1. The Balaban J connectivity index is 2.47. The lowest BCUT2D eigenvalue weighted by molar-refractivity contribution is 0.552. The van der Waals surface area contributed by atoms with Gasteiger partial charge >= 0.3 is 0 Å². The minimum absolute atomic E-state index is 0.635. The Labute approximate surface area is 99.1 Å². The van der Waals surface area contributed by atoms with Crippen LogP contribution < -0.4 is 5.32 Å². The van der Waals surface area contributed by atoms with Crippen LogP contribution in [0.15, 0.2) is 11.6 Å². The summed E-state index contributed by atoms with van der Waals surface area (Å²) in [6.07, 6.45) is 14.2. The lowest BCUT2D eigenvalue weighted by Gasteiger charge is -2.21. The molecule has 15 heavy (non-hydrogen) atoms. The minimum Gasteiger partial charge on any atom is -0.313 e. The van der Waals surface area contributed by atoms with Gasteiger partial charge in [0.05, 0.1) is 0 Å². The molecule has 0 amide bonds. The normalized spacial score (nSPS) is 20.3. The summed E-state index contributed by atoms with van der Waals surface area (Å²) in [4.78, 5) is 0. The molecule has 2 heteroatoms. The lowest BCUT2D eigenvalue weighted by Crippen LogP contribution is -2.28. The van der Waals surface area contributed by atoms with Crippen molar-refractivity contribution >= 4 is 11.8 Å². The largest absolute Gasteiger partial charge is 0.313 e. The van der Waals surface area contributed by atoms with Crippen LogP contribution in [0.25, 0.3) is 0 Å². The third-order valence-corrected chi connectivity index (χ3v) is 3.88. The Morgan fingerprint density at radius 2 is 2.13 bits per heavy atom. The topological polar surface area (TPSA) is 12.0 Å². The van der Waals surface area contributed by atoms with Gasteiger partial charge in [0.2, 0.25) is 0 Å². The number of rotatable bonds is 5. The zero-order valence-electron chi connectivity index (χ0n) is 10.2. The molecule has 1 rings (SSSR count). The molecule has 0 radical (unpaired) electrons. The maximum absolute atomic E-state index is 3.47. The second-order valence-electron chi connectivity index (χ2n) is 4.35. The van der Waals surface area contributed by atoms with Crippen molar-refractivity contribution in [2.45, 2.75) is 51.0 Å². The molecule has 0 aromatic rings. The van der Waals surface area contributed by atoms with E-state index < -0.39 is 0 Å². The average Bonchev–Trinajstić information content (AvgIpc) is 2.21. The van der Waals surface area contributed by atoms with Gasteiger partial charge in [0.1, 0.15) is 0 Å². The van der Waals surface area contributed by atoms with Gasteiger partial charge in [0.25, 0.3) is 0 Å². The molecule has 0 fully saturated rings. The Kier molecular flexibility index (Phi) is 7.20. The van der Waals surface area contributed by atoms with Crippen LogP contribution in [0.5, 0.6) is 0 Å². The summed E-state index contributed by atoms with van der Waals surface area (Å²) in [7, 11) is 2.10. The maximum Gasteiger partial charge on any atom is 0.0284 e. The van der Waals surface area contributed by atoms with Gasteiger partial charge in [-0.3, -0.25) is 0 Å². The number of allylic oxidation sites excluding steroid dienone is 1. The third kappa shape index (κ3) is 5.07. The molecule has 1 aliphatic carbocycles. The molecule has 1 nitrogen and oxygen atoms in total. The van der Waals surface area contributed by atoms with Crippen LogP contribution >= 0.6 is 11.8 Å². The van der Waals surface area contributed by atoms with Crippen LogP contribution in [0.4, 0.5) is 0 Å². The first-order valence-electron chi connectivity index (χ1n) is 6.23. The molecule has 0 aromatic heterocycles. The molecule has 0 heterocycles. The molecule has 0 saturated carbocycles. The van der Waals surface area contributed by atoms with E-state index in [2.05, 4.69) is 24.7 Å². The van der Waals surface area contributed by atoms with E-state index >= 15 is 0 Å². The van der Waals surface area contributed by atoms with Gasteiger partial charge in [-0.15, -0.1) is 0 Å². The molecule has 1 aliphatic rings. The van der Waals surface area contributed by atoms with E-state index in [9.17, 15) is 0 Å². The van der Waals surface area contributed by atoms with E-state index in [-0.39, 0.29) is 0 Å². The van der Waals surface area contributed by atoms with Crippen molar-refractivity contribution in [2.75, 3.05) is 19.1 Å². The summed E-state index contributed by atoms with van der Waals surface area (Å²) in [6.45, 7) is 0. The highest BCUT2D eigenvalue weighted by Crippen LogP contribution is 2.21. The first kappa shape index (κ1) is 13.1. The van der Waals surface area contributed by atoms with E-state index in [1.165, 1.54) is 50.7 Å². The first-order chi connectivity index (χ1) is 7.38. The van der Waals surface area contributed by atoms with Crippen molar-refractivity contribution < 1.29 is 0 Å². The molecular formula is C13H25NS. The molecule has 0 aliphatic heterocycles. The van der Waals surface area contributed by atoms with Crippen molar-refractivity contribution in [3.8, 4) is 0 Å². The highest BCUT2D eigenvalue weighted by molar-refractivity contribution is 7.98. The van der Waals surface area contributed by atoms with Gasteiger partial charge in [0.15, 0.2) is 0 Å². The molecule has 1 N–H and O–H groups in total. The summed E-state index contributed by atoms with van der Waals surface area (Å²) >= 11 is 1.95. The Bertz CT molecular complexity index is 189. The fourth-order valence-corrected chi connectivity index (χ4v) is 2.76. The van der Waals surface area contributed by atoms with Crippen LogP contribution in [0.2, 0.25) is 0 Å². The fraction of sp³-hybridized carbons (Fsp3) is 0.846. The lowest BCUT2D eigenvalue weighted by atomic mass is 9.94. The molecule has 1 atom stereocenters. The summed E-state index contributed by atoms with van der Waals surface area (Å²) in [6, 6.07) is 0.635. The SMILES string of the molecule is CNC(CCSC)C1=CCCCCCC1. The van der Waals surface area contributed by atoms with Crippen LogP contribution in [-0.2, 0) is 0 Å². The van der Waals surface area contributed by atoms with Gasteiger partial charge in [-0.2, -0.15) is 11.8 Å². The van der Waals surface area contributed by atoms with Crippen molar-refractivity contribution in [3.05, 3.63) is 11.6 Å². The molecule has 0 bridgehead atoms. The van der Waals surface area contributed by atoms with Crippen LogP contribution in [0.3, 0.4) is 0 Å². The fourth-order valence-electron chi connectivity index (χ4n) is 2.28. The molecule has 0 saturated heterocycles. The Hall–Kier alpha value is 0.0500. The summed E-state index contributed by atoms with van der Waals surface area (Å²) in [5.41, 5.74) is 1.67. The zero-order chi connectivity index (χ0) is 10.9. The minimum atomic E-state index is 0.635. The van der Waals surface area contributed by atoms with Gasteiger partial charge in [-0.1, -0.05) is 24.5 Å². The molecular weight excluding hydrogens is 202 g/mol. The van der Waals surface area contributed by atoms with Gasteiger partial charge in [-0.05, 0) is 51.2 Å².